The van der Waals surface area contributed by atoms with Crippen molar-refractivity contribution in [2.24, 2.45) is 5.92 Å². The van der Waals surface area contributed by atoms with Crippen molar-refractivity contribution in [3.63, 3.8) is 0 Å². The Morgan fingerprint density at radius 3 is 2.58 bits per heavy atom. The molecule has 2 aromatic carbocycles. The molecule has 1 atom stereocenters. The van der Waals surface area contributed by atoms with Gasteiger partial charge in [-0.15, -0.1) is 0 Å². The van der Waals surface area contributed by atoms with Crippen LogP contribution in [-0.4, -0.2) is 32.0 Å². The maximum absolute atomic E-state index is 13.6. The van der Waals surface area contributed by atoms with Crippen LogP contribution in [0.3, 0.4) is 0 Å². The van der Waals surface area contributed by atoms with E-state index in [-0.39, 0.29) is 40.6 Å². The van der Waals surface area contributed by atoms with Crippen LogP contribution in [-0.2, 0) is 25.8 Å². The van der Waals surface area contributed by atoms with Crippen LogP contribution in [0.25, 0.3) is 0 Å². The lowest BCUT2D eigenvalue weighted by Gasteiger charge is -2.22. The fourth-order valence-electron chi connectivity index (χ4n) is 3.90. The summed E-state index contributed by atoms with van der Waals surface area (Å²) in [6, 6.07) is 9.15. The molecule has 2 aromatic rings. The van der Waals surface area contributed by atoms with Crippen molar-refractivity contribution in [3.8, 4) is 0 Å². The smallest absolute Gasteiger partial charge is 0.230 e. The van der Waals surface area contributed by atoms with Crippen LogP contribution in [0.1, 0.15) is 37.3 Å². The molecule has 1 aliphatic carbocycles. The van der Waals surface area contributed by atoms with Gasteiger partial charge in [-0.3, -0.25) is 9.59 Å². The van der Waals surface area contributed by atoms with E-state index in [9.17, 15) is 22.4 Å². The Hall–Kier alpha value is -2.74. The molecule has 1 aliphatic heterocycles. The Kier molecular flexibility index (Phi) is 5.60. The topological polar surface area (TPSA) is 83.6 Å². The molecule has 1 saturated carbocycles. The number of rotatable bonds is 6. The fraction of sp³-hybridized carbons (Fsp3) is 0.391. The summed E-state index contributed by atoms with van der Waals surface area (Å²) in [6.45, 7) is 3.58. The van der Waals surface area contributed by atoms with Crippen LogP contribution in [0.4, 0.5) is 15.8 Å². The van der Waals surface area contributed by atoms with Gasteiger partial charge in [0.05, 0.1) is 10.6 Å². The zero-order valence-corrected chi connectivity index (χ0v) is 18.3. The molecular weight excluding hydrogens is 419 g/mol. The van der Waals surface area contributed by atoms with Crippen molar-refractivity contribution in [2.45, 2.75) is 50.5 Å². The molecule has 164 valence electrons. The minimum absolute atomic E-state index is 0.00161. The minimum atomic E-state index is -3.68. The molecule has 6 nitrogen and oxygen atoms in total. The van der Waals surface area contributed by atoms with Gasteiger partial charge in [0, 0.05) is 29.8 Å². The molecule has 0 saturated heterocycles. The molecule has 8 heteroatoms. The number of hydrogen-bond donors (Lipinski definition) is 1. The van der Waals surface area contributed by atoms with E-state index in [2.05, 4.69) is 5.32 Å². The van der Waals surface area contributed by atoms with Crippen molar-refractivity contribution >= 4 is 33.0 Å². The first-order chi connectivity index (χ1) is 14.7. The molecule has 0 unspecified atom stereocenters. The number of nitrogens with zero attached hydrogens (tertiary/aromatic N) is 1. The molecule has 0 spiro atoms. The standard InChI is InChI=1S/C23H25FN2O4S/c1-14-3-6-18(13-20(14)24)25-22(27)9-10-31(29,30)19-7-8-21-17(12-19)11-15(2)26(21)23(28)16-4-5-16/h3,6-8,12-13,15-16H,4-5,9-11H2,1-2H3,(H,25,27)/t15-/m1/s1. The highest BCUT2D eigenvalue weighted by atomic mass is 32.2. The summed E-state index contributed by atoms with van der Waals surface area (Å²) < 4.78 is 39.2. The molecule has 0 bridgehead atoms. The number of hydrogen-bond acceptors (Lipinski definition) is 4. The summed E-state index contributed by atoms with van der Waals surface area (Å²) in [6.07, 6.45) is 2.20. The Bertz CT molecular complexity index is 1160. The number of amides is 2. The van der Waals surface area contributed by atoms with Crippen molar-refractivity contribution in [3.05, 3.63) is 53.3 Å². The van der Waals surface area contributed by atoms with E-state index in [1.54, 1.807) is 36.1 Å². The highest BCUT2D eigenvalue weighted by molar-refractivity contribution is 7.91. The predicted octanol–water partition coefficient (Wildman–Crippen LogP) is 3.62. The molecule has 31 heavy (non-hydrogen) atoms. The number of aryl methyl sites for hydroxylation is 1. The van der Waals surface area contributed by atoms with E-state index in [0.717, 1.165) is 24.1 Å². The molecule has 2 aliphatic rings. The number of halogens is 1. The maximum Gasteiger partial charge on any atom is 0.230 e. The van der Waals surface area contributed by atoms with Crippen molar-refractivity contribution in [2.75, 3.05) is 16.0 Å². The predicted molar refractivity (Wildman–Crippen MR) is 116 cm³/mol. The zero-order chi connectivity index (χ0) is 22.3. The maximum atomic E-state index is 13.6. The lowest BCUT2D eigenvalue weighted by Crippen LogP contribution is -2.36. The fourth-order valence-corrected chi connectivity index (χ4v) is 5.19. The second-order valence-corrected chi connectivity index (χ2v) is 10.5. The van der Waals surface area contributed by atoms with Crippen LogP contribution in [0, 0.1) is 18.7 Å². The van der Waals surface area contributed by atoms with Gasteiger partial charge in [-0.05, 0) is 74.6 Å². The van der Waals surface area contributed by atoms with Gasteiger partial charge in [-0.2, -0.15) is 0 Å². The highest BCUT2D eigenvalue weighted by Crippen LogP contribution is 2.39. The molecule has 1 heterocycles. The number of benzene rings is 2. The number of fused-ring (bicyclic) bond motifs is 1. The average Bonchev–Trinajstić information content (AvgIpc) is 3.51. The summed E-state index contributed by atoms with van der Waals surface area (Å²) >= 11 is 0. The van der Waals surface area contributed by atoms with E-state index in [4.69, 9.17) is 0 Å². The molecule has 0 radical (unpaired) electrons. The molecule has 0 aromatic heterocycles. The van der Waals surface area contributed by atoms with Crippen molar-refractivity contribution < 1.29 is 22.4 Å². The third-order valence-corrected chi connectivity index (χ3v) is 7.56. The average molecular weight is 445 g/mol. The van der Waals surface area contributed by atoms with Crippen LogP contribution in [0.2, 0.25) is 0 Å². The quantitative estimate of drug-likeness (QED) is 0.738. The van der Waals surface area contributed by atoms with Gasteiger partial charge in [0.15, 0.2) is 9.84 Å². The lowest BCUT2D eigenvalue weighted by atomic mass is 10.1. The van der Waals surface area contributed by atoms with Crippen LogP contribution in [0.5, 0.6) is 0 Å². The Morgan fingerprint density at radius 2 is 1.90 bits per heavy atom. The molecular formula is C23H25FN2O4S. The summed E-state index contributed by atoms with van der Waals surface area (Å²) in [5.74, 6) is -1.08. The van der Waals surface area contributed by atoms with E-state index in [1.165, 1.54) is 12.1 Å². The summed E-state index contributed by atoms with van der Waals surface area (Å²) in [5.41, 5.74) is 2.37. The van der Waals surface area contributed by atoms with Gasteiger partial charge in [-0.25, -0.2) is 12.8 Å². The first-order valence-electron chi connectivity index (χ1n) is 10.4. The third kappa shape index (κ3) is 4.49. The number of anilines is 2. The Labute approximate surface area is 181 Å². The first-order valence-corrected chi connectivity index (χ1v) is 12.1. The van der Waals surface area contributed by atoms with Gasteiger partial charge in [0.2, 0.25) is 11.8 Å². The summed E-state index contributed by atoms with van der Waals surface area (Å²) in [5, 5.41) is 2.53. The number of carbonyl (C=O) groups is 2. The van der Waals surface area contributed by atoms with Gasteiger partial charge in [0.1, 0.15) is 5.82 Å². The van der Waals surface area contributed by atoms with E-state index >= 15 is 0 Å². The molecule has 1 N–H and O–H groups in total. The van der Waals surface area contributed by atoms with Crippen molar-refractivity contribution in [1.29, 1.82) is 0 Å². The summed E-state index contributed by atoms with van der Waals surface area (Å²) in [7, 11) is -3.68. The Morgan fingerprint density at radius 1 is 1.16 bits per heavy atom. The van der Waals surface area contributed by atoms with Gasteiger partial charge < -0.3 is 10.2 Å². The lowest BCUT2D eigenvalue weighted by molar-refractivity contribution is -0.120. The van der Waals surface area contributed by atoms with Crippen LogP contribution < -0.4 is 10.2 Å². The van der Waals surface area contributed by atoms with Gasteiger partial charge in [0.25, 0.3) is 0 Å². The number of sulfone groups is 1. The van der Waals surface area contributed by atoms with Gasteiger partial charge >= 0.3 is 0 Å². The second-order valence-electron chi connectivity index (χ2n) is 8.41. The SMILES string of the molecule is Cc1ccc(NC(=O)CCS(=O)(=O)c2ccc3c(c2)C[C@@H](C)N3C(=O)C2CC2)cc1F. The zero-order valence-electron chi connectivity index (χ0n) is 17.5. The first kappa shape index (κ1) is 21.5. The monoisotopic (exact) mass is 444 g/mol. The second kappa shape index (κ2) is 8.07. The number of carbonyl (C=O) groups excluding carboxylic acids is 2. The molecule has 1 fully saturated rings. The summed E-state index contributed by atoms with van der Waals surface area (Å²) in [4.78, 5) is 26.7. The van der Waals surface area contributed by atoms with Crippen LogP contribution >= 0.6 is 0 Å². The molecule has 2 amide bonds. The normalized spacial score (nSPS) is 18.0. The van der Waals surface area contributed by atoms with E-state index < -0.39 is 21.6 Å². The largest absolute Gasteiger partial charge is 0.326 e. The van der Waals surface area contributed by atoms with Crippen LogP contribution in [0.15, 0.2) is 41.3 Å². The van der Waals surface area contributed by atoms with Crippen molar-refractivity contribution in [1.82, 2.24) is 0 Å². The number of nitrogens with one attached hydrogen (secondary N) is 1. The van der Waals surface area contributed by atoms with Gasteiger partial charge in [-0.1, -0.05) is 6.07 Å². The van der Waals surface area contributed by atoms with E-state index in [0.29, 0.717) is 12.0 Å². The highest BCUT2D eigenvalue weighted by Gasteiger charge is 2.39. The third-order valence-electron chi connectivity index (χ3n) is 5.84. The van der Waals surface area contributed by atoms with E-state index in [1.807, 2.05) is 6.92 Å². The Balaban J connectivity index is 1.43. The minimum Gasteiger partial charge on any atom is -0.326 e. The molecule has 4 rings (SSSR count).